The summed E-state index contributed by atoms with van der Waals surface area (Å²) >= 11 is 0. The molecule has 1 rings (SSSR count). The van der Waals surface area contributed by atoms with Crippen molar-refractivity contribution in [3.8, 4) is 0 Å². The second-order valence-corrected chi connectivity index (χ2v) is 3.63. The van der Waals surface area contributed by atoms with Crippen molar-refractivity contribution in [1.82, 2.24) is 0 Å². The van der Waals surface area contributed by atoms with Gasteiger partial charge in [-0.05, 0) is 0 Å². The van der Waals surface area contributed by atoms with Crippen molar-refractivity contribution in [3.63, 3.8) is 0 Å². The summed E-state index contributed by atoms with van der Waals surface area (Å²) in [5.74, 6) is -0.572. The summed E-state index contributed by atoms with van der Waals surface area (Å²) in [4.78, 5) is 22.3. The zero-order valence-corrected chi connectivity index (χ0v) is 9.73. The molecule has 1 fully saturated rings. The normalized spacial score (nSPS) is 24.9. The molecule has 0 amide bonds. The second kappa shape index (κ2) is 6.48. The molecule has 0 aromatic rings. The number of carbonyl (C=O) groups is 2. The van der Waals surface area contributed by atoms with Crippen LogP contribution in [-0.2, 0) is 23.8 Å². The van der Waals surface area contributed by atoms with Crippen LogP contribution in [0, 0.1) is 0 Å². The van der Waals surface area contributed by atoms with Gasteiger partial charge in [-0.3, -0.25) is 9.59 Å². The monoisotopic (exact) mass is 230 g/mol. The molecule has 5 heteroatoms. The molecule has 5 nitrogen and oxygen atoms in total. The highest BCUT2D eigenvalue weighted by atomic mass is 16.6. The van der Waals surface area contributed by atoms with E-state index in [0.717, 1.165) is 0 Å². The second-order valence-electron chi connectivity index (χ2n) is 3.63. The minimum atomic E-state index is -0.461. The Morgan fingerprint density at radius 3 is 2.25 bits per heavy atom. The number of esters is 2. The molecule has 16 heavy (non-hydrogen) atoms. The fourth-order valence-corrected chi connectivity index (χ4v) is 1.44. The Labute approximate surface area is 95.0 Å². The van der Waals surface area contributed by atoms with E-state index in [1.165, 1.54) is 0 Å². The number of hydrogen-bond acceptors (Lipinski definition) is 5. The van der Waals surface area contributed by atoms with Gasteiger partial charge in [0.25, 0.3) is 0 Å². The predicted octanol–water partition coefficient (Wildman–Crippen LogP) is 1.05. The SMILES string of the molecule is CCC(=O)O[C@H]1COCC[C@H]1OC(=O)CC. The van der Waals surface area contributed by atoms with Crippen LogP contribution in [0.15, 0.2) is 0 Å². The zero-order chi connectivity index (χ0) is 12.0. The van der Waals surface area contributed by atoms with Crippen molar-refractivity contribution in [2.75, 3.05) is 13.2 Å². The van der Waals surface area contributed by atoms with Gasteiger partial charge < -0.3 is 14.2 Å². The smallest absolute Gasteiger partial charge is 0.305 e. The molecule has 0 radical (unpaired) electrons. The minimum absolute atomic E-state index is 0.274. The van der Waals surface area contributed by atoms with Gasteiger partial charge >= 0.3 is 11.9 Å². The molecule has 0 aromatic heterocycles. The summed E-state index contributed by atoms with van der Waals surface area (Å²) < 4.78 is 15.6. The zero-order valence-electron chi connectivity index (χ0n) is 9.73. The molecule has 0 saturated carbocycles. The van der Waals surface area contributed by atoms with Gasteiger partial charge in [0.1, 0.15) is 6.10 Å². The van der Waals surface area contributed by atoms with Gasteiger partial charge in [0, 0.05) is 19.3 Å². The Hall–Kier alpha value is -1.10. The first-order valence-corrected chi connectivity index (χ1v) is 5.64. The molecule has 1 aliphatic rings. The Kier molecular flexibility index (Phi) is 5.25. The van der Waals surface area contributed by atoms with Crippen LogP contribution in [-0.4, -0.2) is 37.4 Å². The lowest BCUT2D eigenvalue weighted by molar-refractivity contribution is -0.181. The third kappa shape index (κ3) is 3.81. The first kappa shape index (κ1) is 13.0. The van der Waals surface area contributed by atoms with Crippen molar-refractivity contribution in [3.05, 3.63) is 0 Å². The Balaban J connectivity index is 2.49. The third-order valence-corrected chi connectivity index (χ3v) is 2.39. The lowest BCUT2D eigenvalue weighted by Gasteiger charge is -2.30. The maximum Gasteiger partial charge on any atom is 0.305 e. The molecular weight excluding hydrogens is 212 g/mol. The topological polar surface area (TPSA) is 61.8 Å². The molecule has 0 bridgehead atoms. The summed E-state index contributed by atoms with van der Waals surface area (Å²) in [6, 6.07) is 0. The third-order valence-electron chi connectivity index (χ3n) is 2.39. The van der Waals surface area contributed by atoms with Crippen LogP contribution < -0.4 is 0 Å². The number of ether oxygens (including phenoxy) is 3. The van der Waals surface area contributed by atoms with E-state index >= 15 is 0 Å². The lowest BCUT2D eigenvalue weighted by atomic mass is 10.1. The van der Waals surface area contributed by atoms with Crippen LogP contribution >= 0.6 is 0 Å². The van der Waals surface area contributed by atoms with Crippen molar-refractivity contribution in [1.29, 1.82) is 0 Å². The Morgan fingerprint density at radius 1 is 1.12 bits per heavy atom. The fourth-order valence-electron chi connectivity index (χ4n) is 1.44. The highest BCUT2D eigenvalue weighted by Gasteiger charge is 2.31. The molecule has 1 aliphatic heterocycles. The molecule has 0 spiro atoms. The van der Waals surface area contributed by atoms with Crippen molar-refractivity contribution < 1.29 is 23.8 Å². The highest BCUT2D eigenvalue weighted by Crippen LogP contribution is 2.16. The molecule has 2 atom stereocenters. The first-order chi connectivity index (χ1) is 7.67. The maximum atomic E-state index is 11.2. The predicted molar refractivity (Wildman–Crippen MR) is 55.8 cm³/mol. The van der Waals surface area contributed by atoms with Crippen LogP contribution in [0.2, 0.25) is 0 Å². The summed E-state index contributed by atoms with van der Waals surface area (Å²) in [5.41, 5.74) is 0. The van der Waals surface area contributed by atoms with Crippen molar-refractivity contribution >= 4 is 11.9 Å². The van der Waals surface area contributed by atoms with Gasteiger partial charge in [-0.2, -0.15) is 0 Å². The van der Waals surface area contributed by atoms with E-state index in [0.29, 0.717) is 32.5 Å². The fraction of sp³-hybridized carbons (Fsp3) is 0.818. The van der Waals surface area contributed by atoms with Gasteiger partial charge in [0.05, 0.1) is 13.2 Å². The highest BCUT2D eigenvalue weighted by molar-refractivity contribution is 5.70. The van der Waals surface area contributed by atoms with E-state index in [9.17, 15) is 9.59 Å². The Bertz CT molecular complexity index is 225. The molecule has 1 saturated heterocycles. The van der Waals surface area contributed by atoms with Crippen molar-refractivity contribution in [2.24, 2.45) is 0 Å². The van der Waals surface area contributed by atoms with Gasteiger partial charge in [0.15, 0.2) is 6.10 Å². The van der Waals surface area contributed by atoms with E-state index in [1.54, 1.807) is 13.8 Å². The minimum Gasteiger partial charge on any atom is -0.458 e. The molecule has 92 valence electrons. The van der Waals surface area contributed by atoms with Gasteiger partial charge in [-0.1, -0.05) is 13.8 Å². The van der Waals surface area contributed by atoms with Crippen LogP contribution in [0.1, 0.15) is 33.1 Å². The van der Waals surface area contributed by atoms with Crippen LogP contribution in [0.25, 0.3) is 0 Å². The lowest BCUT2D eigenvalue weighted by Crippen LogP contribution is -2.42. The molecule has 1 heterocycles. The molecule has 0 aromatic carbocycles. The van der Waals surface area contributed by atoms with E-state index in [1.807, 2.05) is 0 Å². The van der Waals surface area contributed by atoms with Crippen LogP contribution in [0.4, 0.5) is 0 Å². The van der Waals surface area contributed by atoms with Crippen LogP contribution in [0.5, 0.6) is 0 Å². The van der Waals surface area contributed by atoms with E-state index in [2.05, 4.69) is 0 Å². The largest absolute Gasteiger partial charge is 0.458 e. The van der Waals surface area contributed by atoms with Gasteiger partial charge in [0.2, 0.25) is 0 Å². The number of rotatable bonds is 4. The summed E-state index contributed by atoms with van der Waals surface area (Å²) in [7, 11) is 0. The van der Waals surface area contributed by atoms with Gasteiger partial charge in [-0.15, -0.1) is 0 Å². The van der Waals surface area contributed by atoms with Crippen LogP contribution in [0.3, 0.4) is 0 Å². The first-order valence-electron chi connectivity index (χ1n) is 5.64. The molecule has 0 N–H and O–H groups in total. The standard InChI is InChI=1S/C11H18O5/c1-3-10(12)15-8-5-6-14-7-9(8)16-11(13)4-2/h8-9H,3-7H2,1-2H3/t8-,9+/m1/s1. The summed E-state index contributed by atoms with van der Waals surface area (Å²) in [6.07, 6.45) is 0.387. The summed E-state index contributed by atoms with van der Waals surface area (Å²) in [5, 5.41) is 0. The average molecular weight is 230 g/mol. The molecular formula is C11H18O5. The number of carbonyl (C=O) groups excluding carboxylic acids is 2. The average Bonchev–Trinajstić information content (AvgIpc) is 2.31. The summed E-state index contributed by atoms with van der Waals surface area (Å²) in [6.45, 7) is 4.28. The maximum absolute atomic E-state index is 11.2. The quantitative estimate of drug-likeness (QED) is 0.675. The van der Waals surface area contributed by atoms with Crippen molar-refractivity contribution in [2.45, 2.75) is 45.3 Å². The van der Waals surface area contributed by atoms with E-state index in [4.69, 9.17) is 14.2 Å². The van der Waals surface area contributed by atoms with E-state index in [-0.39, 0.29) is 18.0 Å². The Morgan fingerprint density at radius 2 is 1.69 bits per heavy atom. The molecule has 0 unspecified atom stereocenters. The number of hydrogen-bond donors (Lipinski definition) is 0. The van der Waals surface area contributed by atoms with Gasteiger partial charge in [-0.25, -0.2) is 0 Å². The molecule has 0 aliphatic carbocycles. The van der Waals surface area contributed by atoms with E-state index < -0.39 is 6.10 Å².